The number of aliphatic hydroxyl groups is 1. The lowest BCUT2D eigenvalue weighted by atomic mass is 9.71. The highest BCUT2D eigenvalue weighted by atomic mass is 16.3. The average molecular weight is 268 g/mol. The number of nitrogens with one attached hydrogen (secondary N) is 2. The lowest BCUT2D eigenvalue weighted by molar-refractivity contribution is -0.0223. The fourth-order valence-corrected chi connectivity index (χ4v) is 3.12. The average Bonchev–Trinajstić information content (AvgIpc) is 2.84. The molecule has 0 aromatic carbocycles. The van der Waals surface area contributed by atoms with Crippen molar-refractivity contribution in [3.05, 3.63) is 0 Å². The van der Waals surface area contributed by atoms with Crippen molar-refractivity contribution in [3.8, 4) is 0 Å². The fourth-order valence-electron chi connectivity index (χ4n) is 3.12. The molecule has 0 atom stereocenters. The molecule has 0 aromatic rings. The highest BCUT2D eigenvalue weighted by Crippen LogP contribution is 2.39. The number of carbonyl (C=O) groups excluding carboxylic acids is 1. The van der Waals surface area contributed by atoms with Gasteiger partial charge in [-0.2, -0.15) is 0 Å². The van der Waals surface area contributed by atoms with Gasteiger partial charge in [0.15, 0.2) is 0 Å². The van der Waals surface area contributed by atoms with Crippen molar-refractivity contribution < 1.29 is 9.90 Å². The van der Waals surface area contributed by atoms with Gasteiger partial charge in [-0.3, -0.25) is 0 Å². The molecule has 2 aliphatic rings. The van der Waals surface area contributed by atoms with E-state index in [0.717, 1.165) is 38.5 Å². The molecule has 3 N–H and O–H groups in total. The highest BCUT2D eigenvalue weighted by Gasteiger charge is 2.36. The first-order chi connectivity index (χ1) is 8.89. The summed E-state index contributed by atoms with van der Waals surface area (Å²) in [5.41, 5.74) is -0.374. The van der Waals surface area contributed by atoms with Gasteiger partial charge in [-0.15, -0.1) is 0 Å². The third kappa shape index (κ3) is 4.37. The molecule has 2 aliphatic carbocycles. The summed E-state index contributed by atoms with van der Waals surface area (Å²) in [5.74, 6) is 0. The zero-order valence-corrected chi connectivity index (χ0v) is 12.3. The van der Waals surface area contributed by atoms with Crippen LogP contribution < -0.4 is 10.6 Å². The van der Waals surface area contributed by atoms with Gasteiger partial charge in [0, 0.05) is 12.6 Å². The number of hydrogen-bond acceptors (Lipinski definition) is 2. The molecule has 4 nitrogen and oxygen atoms in total. The third-order valence-electron chi connectivity index (χ3n) is 4.80. The van der Waals surface area contributed by atoms with E-state index in [1.165, 1.54) is 12.8 Å². The smallest absolute Gasteiger partial charge is 0.315 e. The maximum atomic E-state index is 11.8. The third-order valence-corrected chi connectivity index (χ3v) is 4.80. The Hall–Kier alpha value is -0.770. The molecular formula is C15H28N2O2. The van der Waals surface area contributed by atoms with Crippen molar-refractivity contribution in [2.75, 3.05) is 6.54 Å². The van der Waals surface area contributed by atoms with Gasteiger partial charge in [0.2, 0.25) is 0 Å². The maximum absolute atomic E-state index is 11.8. The molecule has 2 saturated carbocycles. The molecule has 19 heavy (non-hydrogen) atoms. The standard InChI is InChI=1S/C15H28N2O2/c1-14(2)7-9-15(19,10-8-14)11-16-13(18)17-12-5-3-4-6-12/h12,19H,3-11H2,1-2H3,(H2,16,17,18). The molecule has 0 aromatic heterocycles. The van der Waals surface area contributed by atoms with E-state index >= 15 is 0 Å². The predicted octanol–water partition coefficient (Wildman–Crippen LogP) is 2.56. The van der Waals surface area contributed by atoms with Crippen molar-refractivity contribution >= 4 is 6.03 Å². The molecule has 0 saturated heterocycles. The van der Waals surface area contributed by atoms with Crippen LogP contribution >= 0.6 is 0 Å². The molecule has 2 amide bonds. The second kappa shape index (κ2) is 5.70. The van der Waals surface area contributed by atoms with Gasteiger partial charge in [0.1, 0.15) is 0 Å². The van der Waals surface area contributed by atoms with Crippen LogP contribution in [0, 0.1) is 5.41 Å². The number of amides is 2. The van der Waals surface area contributed by atoms with Gasteiger partial charge in [-0.05, 0) is 43.9 Å². The fraction of sp³-hybridized carbons (Fsp3) is 0.933. The Morgan fingerprint density at radius 2 is 1.74 bits per heavy atom. The van der Waals surface area contributed by atoms with E-state index in [9.17, 15) is 9.90 Å². The van der Waals surface area contributed by atoms with E-state index in [1.807, 2.05) is 0 Å². The number of carbonyl (C=O) groups is 1. The largest absolute Gasteiger partial charge is 0.388 e. The normalized spacial score (nSPS) is 26.1. The van der Waals surface area contributed by atoms with Crippen molar-refractivity contribution in [2.24, 2.45) is 5.41 Å². The Kier molecular flexibility index (Phi) is 4.39. The summed E-state index contributed by atoms with van der Waals surface area (Å²) in [4.78, 5) is 11.8. The lowest BCUT2D eigenvalue weighted by Gasteiger charge is -2.40. The second-order valence-corrected chi connectivity index (χ2v) is 7.20. The van der Waals surface area contributed by atoms with E-state index < -0.39 is 5.60 Å². The van der Waals surface area contributed by atoms with Crippen LogP contribution in [-0.2, 0) is 0 Å². The Bertz CT molecular complexity index is 312. The number of urea groups is 1. The van der Waals surface area contributed by atoms with Gasteiger partial charge in [-0.25, -0.2) is 4.79 Å². The molecule has 0 spiro atoms. The maximum Gasteiger partial charge on any atom is 0.315 e. The van der Waals surface area contributed by atoms with Crippen LogP contribution in [0.3, 0.4) is 0 Å². The zero-order valence-electron chi connectivity index (χ0n) is 12.3. The summed E-state index contributed by atoms with van der Waals surface area (Å²) in [7, 11) is 0. The minimum atomic E-state index is -0.706. The lowest BCUT2D eigenvalue weighted by Crippen LogP contribution is -2.50. The summed E-state index contributed by atoms with van der Waals surface area (Å²) >= 11 is 0. The Morgan fingerprint density at radius 3 is 2.32 bits per heavy atom. The topological polar surface area (TPSA) is 61.4 Å². The van der Waals surface area contributed by atoms with E-state index in [2.05, 4.69) is 24.5 Å². The van der Waals surface area contributed by atoms with Crippen LogP contribution in [0.15, 0.2) is 0 Å². The van der Waals surface area contributed by atoms with Crippen molar-refractivity contribution in [1.82, 2.24) is 10.6 Å². The first kappa shape index (κ1) is 14.6. The van der Waals surface area contributed by atoms with Gasteiger partial charge in [0.05, 0.1) is 5.60 Å². The summed E-state index contributed by atoms with van der Waals surface area (Å²) in [6.07, 6.45) is 8.21. The number of hydrogen-bond donors (Lipinski definition) is 3. The van der Waals surface area contributed by atoms with Gasteiger partial charge in [-0.1, -0.05) is 26.7 Å². The number of rotatable bonds is 3. The quantitative estimate of drug-likeness (QED) is 0.736. The van der Waals surface area contributed by atoms with Crippen LogP contribution in [0.4, 0.5) is 4.79 Å². The Labute approximate surface area is 116 Å². The SMILES string of the molecule is CC1(C)CCC(O)(CNC(=O)NC2CCCC2)CC1. The van der Waals surface area contributed by atoms with Crippen molar-refractivity contribution in [3.63, 3.8) is 0 Å². The van der Waals surface area contributed by atoms with Crippen molar-refractivity contribution in [2.45, 2.75) is 76.9 Å². The van der Waals surface area contributed by atoms with E-state index in [-0.39, 0.29) is 6.03 Å². The molecule has 0 radical (unpaired) electrons. The second-order valence-electron chi connectivity index (χ2n) is 7.20. The van der Waals surface area contributed by atoms with E-state index in [0.29, 0.717) is 18.0 Å². The molecule has 4 heteroatoms. The molecular weight excluding hydrogens is 240 g/mol. The van der Waals surface area contributed by atoms with Gasteiger partial charge in [0.25, 0.3) is 0 Å². The summed E-state index contributed by atoms with van der Waals surface area (Å²) < 4.78 is 0. The molecule has 2 fully saturated rings. The molecule has 0 unspecified atom stereocenters. The first-order valence-corrected chi connectivity index (χ1v) is 7.65. The zero-order chi connectivity index (χ0) is 13.9. The minimum Gasteiger partial charge on any atom is -0.388 e. The molecule has 0 aliphatic heterocycles. The molecule has 110 valence electrons. The van der Waals surface area contributed by atoms with Gasteiger partial charge < -0.3 is 15.7 Å². The van der Waals surface area contributed by atoms with Crippen LogP contribution in [0.5, 0.6) is 0 Å². The summed E-state index contributed by atoms with van der Waals surface area (Å²) in [6, 6.07) is 0.213. The van der Waals surface area contributed by atoms with E-state index in [1.54, 1.807) is 0 Å². The van der Waals surface area contributed by atoms with E-state index in [4.69, 9.17) is 0 Å². The van der Waals surface area contributed by atoms with Crippen LogP contribution in [-0.4, -0.2) is 29.3 Å². The Morgan fingerprint density at radius 1 is 1.16 bits per heavy atom. The van der Waals surface area contributed by atoms with Crippen LogP contribution in [0.1, 0.15) is 65.2 Å². The summed E-state index contributed by atoms with van der Waals surface area (Å²) in [5, 5.41) is 16.3. The predicted molar refractivity (Wildman–Crippen MR) is 76.0 cm³/mol. The Balaban J connectivity index is 1.70. The summed E-state index contributed by atoms with van der Waals surface area (Å²) in [6.45, 7) is 4.86. The molecule has 0 heterocycles. The minimum absolute atomic E-state index is 0.120. The monoisotopic (exact) mass is 268 g/mol. The van der Waals surface area contributed by atoms with Crippen LogP contribution in [0.25, 0.3) is 0 Å². The highest BCUT2D eigenvalue weighted by molar-refractivity contribution is 5.74. The molecule has 2 rings (SSSR count). The first-order valence-electron chi connectivity index (χ1n) is 7.65. The van der Waals surface area contributed by atoms with Crippen molar-refractivity contribution in [1.29, 1.82) is 0 Å². The van der Waals surface area contributed by atoms with Crippen LogP contribution in [0.2, 0.25) is 0 Å². The molecule has 0 bridgehead atoms. The van der Waals surface area contributed by atoms with Gasteiger partial charge >= 0.3 is 6.03 Å².